The molecule has 15 aromatic rings. The number of para-hydroxylation sites is 2. The molecule has 9 aromatic carbocycles. The first kappa shape index (κ1) is 54.2. The Morgan fingerprint density at radius 3 is 1.60 bits per heavy atom. The molecule has 6 aromatic heterocycles. The minimum atomic E-state index is -2.49. The highest BCUT2D eigenvalue weighted by Crippen LogP contribution is 2.34. The Bertz CT molecular complexity index is 5930. The topological polar surface area (TPSA) is 29.5 Å². The summed E-state index contributed by atoms with van der Waals surface area (Å²) in [6.07, 6.45) is 5.61. The van der Waals surface area contributed by atoms with Gasteiger partial charge in [-0.2, -0.15) is 13.5 Å². The van der Waals surface area contributed by atoms with Gasteiger partial charge in [0.15, 0.2) is 29.1 Å². The fourth-order valence-corrected chi connectivity index (χ4v) is 13.3. The van der Waals surface area contributed by atoms with Gasteiger partial charge in [-0.15, -0.1) is 0 Å². The maximum atomic E-state index is 8.90. The number of rotatable bonds is 7. The van der Waals surface area contributed by atoms with Crippen LogP contribution in [0.4, 0.5) is 0 Å². The largest absolute Gasteiger partial charge is 0.295 e. The summed E-state index contributed by atoms with van der Waals surface area (Å²) in [4.78, 5) is 0. The molecule has 0 saturated heterocycles. The van der Waals surface area contributed by atoms with Crippen molar-refractivity contribution in [2.24, 2.45) is 35.2 Å². The van der Waals surface area contributed by atoms with Crippen LogP contribution in [-0.4, -0.2) is 9.13 Å². The molecule has 0 aliphatic heterocycles. The number of aromatic nitrogens is 7. The number of pyridine rings is 4. The summed E-state index contributed by atoms with van der Waals surface area (Å²) in [5.74, 6) is -0.853. The van der Waals surface area contributed by atoms with E-state index in [1.54, 1.807) is 30.6 Å². The number of hydrogen-bond acceptors (Lipinski definition) is 0. The molecular weight excluding hydrogens is 1200 g/mol. The van der Waals surface area contributed by atoms with E-state index in [4.69, 9.17) is 17.8 Å². The van der Waals surface area contributed by atoms with E-state index in [0.717, 1.165) is 84.1 Å². The molecule has 99 heavy (non-hydrogen) atoms. The number of imidazole rings is 2. The first-order valence-corrected chi connectivity index (χ1v) is 33.5. The van der Waals surface area contributed by atoms with Crippen molar-refractivity contribution >= 4 is 38.4 Å². The van der Waals surface area contributed by atoms with Gasteiger partial charge in [0.2, 0.25) is 17.1 Å². The molecular formula is C92H98N7+5. The molecule has 0 radical (unpaired) electrons. The van der Waals surface area contributed by atoms with E-state index in [0.29, 0.717) is 27.9 Å². The SMILES string of the molecule is Cc1cccc2c3ccccc3[n+]3cc(C)n(C)c3c12.[2H]C([2H])([2H])C([2H])(C)c1ccccc1-[n+]1c(-c2ccccc2C)n(C)c2cc(-c3ccccc3)ccc21.[2H]C([2H])([2H])c1c[n+](C)c(-c2ccccc2C)cc1C.[2H]C([2H])([2H])c1ccc(-c2ccccc2C)[n+](C)c1.[2H]C([2H])([2H])c1ccc(-c2ccccc2C)[n+](C)c1C. The third-order valence-electron chi connectivity index (χ3n) is 19.0. The van der Waals surface area contributed by atoms with Gasteiger partial charge in [0, 0.05) is 99.6 Å². The fraction of sp³-hybridized carbons (Fsp3) is 0.207. The lowest BCUT2D eigenvalue weighted by Crippen LogP contribution is -2.35. The van der Waals surface area contributed by atoms with Gasteiger partial charge < -0.3 is 0 Å². The summed E-state index contributed by atoms with van der Waals surface area (Å²) >= 11 is 0. The zero-order valence-corrected chi connectivity index (χ0v) is 59.5. The average Bonchev–Trinajstić information content (AvgIpc) is 1.63. The van der Waals surface area contributed by atoms with Gasteiger partial charge in [-0.1, -0.05) is 172 Å². The zero-order chi connectivity index (χ0) is 81.3. The highest BCUT2D eigenvalue weighted by Gasteiger charge is 2.30. The summed E-state index contributed by atoms with van der Waals surface area (Å²) in [7, 11) is 9.85. The van der Waals surface area contributed by atoms with Crippen molar-refractivity contribution < 1.29 is 40.5 Å². The molecule has 0 fully saturated rings. The Labute approximate surface area is 606 Å². The van der Waals surface area contributed by atoms with Gasteiger partial charge in [-0.05, 0) is 179 Å². The molecule has 7 nitrogen and oxygen atoms in total. The van der Waals surface area contributed by atoms with Crippen LogP contribution in [0.25, 0.3) is 100 Å². The maximum Gasteiger partial charge on any atom is 0.295 e. The Morgan fingerprint density at radius 1 is 0.404 bits per heavy atom. The molecule has 1 unspecified atom stereocenters. The molecule has 0 bridgehead atoms. The minimum absolute atomic E-state index is 0.363. The second-order valence-corrected chi connectivity index (χ2v) is 25.8. The molecule has 7 heteroatoms. The Kier molecular flexibility index (Phi) is 16.6. The van der Waals surface area contributed by atoms with Crippen LogP contribution >= 0.6 is 0 Å². The number of hydrogen-bond donors (Lipinski definition) is 0. The van der Waals surface area contributed by atoms with Gasteiger partial charge in [-0.3, -0.25) is 0 Å². The molecule has 0 N–H and O–H groups in total. The van der Waals surface area contributed by atoms with Crippen LogP contribution in [0.1, 0.15) is 105 Å². The first-order chi connectivity index (χ1) is 52.8. The van der Waals surface area contributed by atoms with E-state index < -0.39 is 33.3 Å². The summed E-state index contributed by atoms with van der Waals surface area (Å²) < 4.78 is 115. The smallest absolute Gasteiger partial charge is 0.230 e. The summed E-state index contributed by atoms with van der Waals surface area (Å²) in [5, 5.41) is 4.00. The van der Waals surface area contributed by atoms with Crippen LogP contribution in [0, 0.1) is 75.9 Å². The molecule has 496 valence electrons. The Balaban J connectivity index is 0.000000143. The van der Waals surface area contributed by atoms with Crippen molar-refractivity contribution in [3.63, 3.8) is 0 Å². The van der Waals surface area contributed by atoms with Crippen LogP contribution in [0.2, 0.25) is 0 Å². The maximum absolute atomic E-state index is 8.90. The van der Waals surface area contributed by atoms with Crippen LogP contribution in [-0.2, 0) is 35.2 Å². The van der Waals surface area contributed by atoms with Crippen LogP contribution in [0.3, 0.4) is 0 Å². The second kappa shape index (κ2) is 30.3. The van der Waals surface area contributed by atoms with Crippen molar-refractivity contribution in [3.8, 4) is 62.0 Å². The van der Waals surface area contributed by atoms with Crippen molar-refractivity contribution in [1.29, 1.82) is 0 Å². The van der Waals surface area contributed by atoms with Crippen molar-refractivity contribution in [2.75, 3.05) is 0 Å². The second-order valence-electron chi connectivity index (χ2n) is 25.8. The number of aryl methyl sites for hydroxylation is 14. The zero-order valence-electron chi connectivity index (χ0n) is 72.5. The van der Waals surface area contributed by atoms with E-state index >= 15 is 0 Å². The standard InChI is InChI=1S/C30H29N2.C18H17N2.2C15H18N.C14H16N/c1-21(2)25-15-10-11-17-27(25)32-28-19-18-24(23-13-6-5-7-14-23)20-29(28)31(4)30(32)26-16-9-8-12-22(26)3;1-12-7-6-9-15-14-8-4-5-10-16(14)20-11-13(2)19(3)18(20)17(12)15;1-11-7-5-6-8-14(11)15-9-12(2)13(3)10-16(15)4;1-11-9-10-15(16(4)13(11)3)14-8-6-5-7-12(14)2;1-11-8-9-14(15(3)10-11)13-7-5-4-6-12(13)2/h5-21H,1-4H3;4-11H,1-3H3;2*5-10H,1-4H3;4-10H,1-3H3/q5*+1/i1D3,21D;;3D3;2*1D3. The van der Waals surface area contributed by atoms with Crippen LogP contribution in [0.5, 0.6) is 0 Å². The lowest BCUT2D eigenvalue weighted by molar-refractivity contribution is -0.667. The van der Waals surface area contributed by atoms with E-state index in [-0.39, 0.29) is 0 Å². The molecule has 0 saturated carbocycles. The highest BCUT2D eigenvalue weighted by atomic mass is 15.2. The summed E-state index contributed by atoms with van der Waals surface area (Å²) in [6.45, 7) is 9.11. The number of nitrogens with zero attached hydrogens (tertiary/aromatic N) is 7. The number of fused-ring (bicyclic) bond motifs is 7. The van der Waals surface area contributed by atoms with Crippen LogP contribution in [0.15, 0.2) is 261 Å². The lowest BCUT2D eigenvalue weighted by atomic mass is 10.0. The van der Waals surface area contributed by atoms with Crippen LogP contribution < -0.4 is 22.7 Å². The molecule has 0 aliphatic carbocycles. The predicted molar refractivity (Wildman–Crippen MR) is 414 cm³/mol. The van der Waals surface area contributed by atoms with Gasteiger partial charge in [0.1, 0.15) is 44.2 Å². The Hall–Kier alpha value is -10.9. The number of benzene rings is 9. The van der Waals surface area contributed by atoms with Gasteiger partial charge in [0.05, 0.1) is 25.0 Å². The molecule has 1 atom stereocenters. The van der Waals surface area contributed by atoms with Gasteiger partial charge in [-0.25, -0.2) is 18.3 Å². The van der Waals surface area contributed by atoms with E-state index in [9.17, 15) is 0 Å². The third kappa shape index (κ3) is 14.6. The normalized spacial score (nSPS) is 14.1. The molecule has 15 rings (SSSR count). The van der Waals surface area contributed by atoms with Gasteiger partial charge in [0.25, 0.3) is 11.5 Å². The monoisotopic (exact) mass is 1310 g/mol. The summed E-state index contributed by atoms with van der Waals surface area (Å²) in [5.41, 5.74) is 25.4. The summed E-state index contributed by atoms with van der Waals surface area (Å²) in [6, 6.07) is 80.8. The molecule has 0 spiro atoms. The fourth-order valence-electron chi connectivity index (χ4n) is 13.3. The molecule has 0 aliphatic rings. The highest BCUT2D eigenvalue weighted by molar-refractivity contribution is 6.10. The molecule has 6 heterocycles. The van der Waals surface area contributed by atoms with E-state index in [2.05, 4.69) is 175 Å². The van der Waals surface area contributed by atoms with Gasteiger partial charge >= 0.3 is 0 Å². The lowest BCUT2D eigenvalue weighted by Gasteiger charge is -2.12. The van der Waals surface area contributed by atoms with E-state index in [1.165, 1.54) is 62.2 Å². The average molecular weight is 1310 g/mol. The molecule has 0 amide bonds. The van der Waals surface area contributed by atoms with Crippen molar-refractivity contribution in [2.45, 2.75) is 95.6 Å². The van der Waals surface area contributed by atoms with E-state index in [1.807, 2.05) is 178 Å². The third-order valence-corrected chi connectivity index (χ3v) is 19.0. The minimum Gasteiger partial charge on any atom is -0.230 e. The quantitative estimate of drug-likeness (QED) is 0.112. The van der Waals surface area contributed by atoms with Crippen molar-refractivity contribution in [3.05, 3.63) is 328 Å². The first-order valence-electron chi connectivity index (χ1n) is 40.0. The predicted octanol–water partition coefficient (Wildman–Crippen LogP) is 19.9. The Morgan fingerprint density at radius 2 is 0.960 bits per heavy atom. The van der Waals surface area contributed by atoms with Crippen molar-refractivity contribution in [1.82, 2.24) is 9.13 Å².